The van der Waals surface area contributed by atoms with Gasteiger partial charge in [0.25, 0.3) is 0 Å². The van der Waals surface area contributed by atoms with Crippen LogP contribution >= 0.6 is 0 Å². The van der Waals surface area contributed by atoms with E-state index in [0.29, 0.717) is 6.61 Å². The average molecular weight is 439 g/mol. The minimum atomic E-state index is -0.826. The standard InChI is InChI=1S/C23H46N6O2/c1-2-3-4-5-6-7-8-9-10-11-12-13-14-15-16-17-18-31-22-23(21-30,19-26-28-24)20-27-29-25/h30H,2-22H2,1H3. The molecule has 0 spiro atoms. The van der Waals surface area contributed by atoms with Gasteiger partial charge in [-0.15, -0.1) is 0 Å². The number of ether oxygens (including phenoxy) is 1. The zero-order valence-electron chi connectivity index (χ0n) is 19.9. The first kappa shape index (κ1) is 29.5. The van der Waals surface area contributed by atoms with Gasteiger partial charge in [-0.05, 0) is 17.5 Å². The number of hydrogen-bond donors (Lipinski definition) is 1. The van der Waals surface area contributed by atoms with Crippen molar-refractivity contribution in [1.29, 1.82) is 0 Å². The zero-order valence-corrected chi connectivity index (χ0v) is 19.9. The van der Waals surface area contributed by atoms with E-state index in [1.54, 1.807) is 0 Å². The van der Waals surface area contributed by atoms with Crippen molar-refractivity contribution in [2.24, 2.45) is 15.6 Å². The topological polar surface area (TPSA) is 127 Å². The minimum Gasteiger partial charge on any atom is -0.396 e. The zero-order chi connectivity index (χ0) is 22.9. The first-order chi connectivity index (χ1) is 15.2. The van der Waals surface area contributed by atoms with Gasteiger partial charge < -0.3 is 9.84 Å². The monoisotopic (exact) mass is 438 g/mol. The SMILES string of the molecule is CCCCCCCCCCCCCCCCCCOCC(CO)(CN=[N+]=[N-])CN=[N+]=[N-]. The number of aliphatic hydroxyl groups is 1. The molecule has 0 bridgehead atoms. The van der Waals surface area contributed by atoms with Crippen LogP contribution in [0.4, 0.5) is 0 Å². The van der Waals surface area contributed by atoms with E-state index in [1.807, 2.05) is 0 Å². The fraction of sp³-hybridized carbons (Fsp3) is 1.00. The van der Waals surface area contributed by atoms with Gasteiger partial charge in [-0.25, -0.2) is 0 Å². The van der Waals surface area contributed by atoms with Crippen LogP contribution in [0.2, 0.25) is 0 Å². The lowest BCUT2D eigenvalue weighted by Gasteiger charge is -2.28. The van der Waals surface area contributed by atoms with Gasteiger partial charge in [-0.1, -0.05) is 113 Å². The molecule has 0 aromatic carbocycles. The van der Waals surface area contributed by atoms with Gasteiger partial charge in [-0.3, -0.25) is 0 Å². The summed E-state index contributed by atoms with van der Waals surface area (Å²) < 4.78 is 5.68. The number of azide groups is 2. The van der Waals surface area contributed by atoms with Crippen molar-refractivity contribution in [3.05, 3.63) is 20.9 Å². The highest BCUT2D eigenvalue weighted by molar-refractivity contribution is 4.84. The highest BCUT2D eigenvalue weighted by Gasteiger charge is 2.28. The van der Waals surface area contributed by atoms with Crippen molar-refractivity contribution in [3.63, 3.8) is 0 Å². The molecule has 0 aromatic rings. The molecular formula is C23H46N6O2. The van der Waals surface area contributed by atoms with Gasteiger partial charge in [0, 0.05) is 34.9 Å². The second-order valence-electron chi connectivity index (χ2n) is 8.79. The Balaban J connectivity index is 3.52. The number of hydrogen-bond acceptors (Lipinski definition) is 4. The second-order valence-corrected chi connectivity index (χ2v) is 8.79. The predicted octanol–water partition coefficient (Wildman–Crippen LogP) is 7.86. The lowest BCUT2D eigenvalue weighted by molar-refractivity contribution is 0.0154. The van der Waals surface area contributed by atoms with Gasteiger partial charge in [0.15, 0.2) is 0 Å². The smallest absolute Gasteiger partial charge is 0.0547 e. The van der Waals surface area contributed by atoms with Crippen molar-refractivity contribution in [2.75, 3.05) is 32.9 Å². The van der Waals surface area contributed by atoms with Crippen LogP contribution in [-0.4, -0.2) is 38.0 Å². The third kappa shape index (κ3) is 19.0. The Morgan fingerprint density at radius 3 is 1.42 bits per heavy atom. The van der Waals surface area contributed by atoms with E-state index in [9.17, 15) is 5.11 Å². The van der Waals surface area contributed by atoms with Crippen LogP contribution in [0.1, 0.15) is 110 Å². The highest BCUT2D eigenvalue weighted by atomic mass is 16.5. The fourth-order valence-corrected chi connectivity index (χ4v) is 3.69. The van der Waals surface area contributed by atoms with E-state index in [1.165, 1.54) is 89.9 Å². The number of unbranched alkanes of at least 4 members (excludes halogenated alkanes) is 15. The van der Waals surface area contributed by atoms with Crippen LogP contribution in [0.5, 0.6) is 0 Å². The first-order valence-electron chi connectivity index (χ1n) is 12.4. The van der Waals surface area contributed by atoms with Crippen molar-refractivity contribution < 1.29 is 9.84 Å². The van der Waals surface area contributed by atoms with Crippen LogP contribution < -0.4 is 0 Å². The van der Waals surface area contributed by atoms with E-state index in [4.69, 9.17) is 15.8 Å². The molecule has 8 nitrogen and oxygen atoms in total. The summed E-state index contributed by atoms with van der Waals surface area (Å²) in [5.74, 6) is 0. The van der Waals surface area contributed by atoms with Gasteiger partial charge in [-0.2, -0.15) is 0 Å². The Kier molecular flexibility index (Phi) is 22.1. The van der Waals surface area contributed by atoms with E-state index in [0.717, 1.165) is 12.8 Å². The van der Waals surface area contributed by atoms with Crippen molar-refractivity contribution >= 4 is 0 Å². The molecule has 0 fully saturated rings. The Labute approximate surface area is 189 Å². The molecule has 0 saturated heterocycles. The lowest BCUT2D eigenvalue weighted by Crippen LogP contribution is -2.37. The summed E-state index contributed by atoms with van der Waals surface area (Å²) in [6.45, 7) is 2.96. The molecule has 0 aliphatic heterocycles. The van der Waals surface area contributed by atoms with E-state index in [2.05, 4.69) is 27.0 Å². The van der Waals surface area contributed by atoms with Crippen LogP contribution in [0.15, 0.2) is 10.2 Å². The van der Waals surface area contributed by atoms with Crippen molar-refractivity contribution in [1.82, 2.24) is 0 Å². The summed E-state index contributed by atoms with van der Waals surface area (Å²) in [7, 11) is 0. The largest absolute Gasteiger partial charge is 0.396 e. The molecule has 180 valence electrons. The van der Waals surface area contributed by atoms with E-state index >= 15 is 0 Å². The molecule has 0 heterocycles. The summed E-state index contributed by atoms with van der Waals surface area (Å²) in [6, 6.07) is 0. The maximum absolute atomic E-state index is 9.63. The normalized spacial score (nSPS) is 12.7. The summed E-state index contributed by atoms with van der Waals surface area (Å²) in [5, 5.41) is 16.7. The molecule has 0 rings (SSSR count). The molecular weight excluding hydrogens is 392 g/mol. The average Bonchev–Trinajstić information content (AvgIpc) is 2.79. The number of nitrogens with zero attached hydrogens (tertiary/aromatic N) is 6. The van der Waals surface area contributed by atoms with Crippen LogP contribution in [-0.2, 0) is 4.74 Å². The van der Waals surface area contributed by atoms with Crippen LogP contribution in [0.3, 0.4) is 0 Å². The van der Waals surface area contributed by atoms with Crippen LogP contribution in [0, 0.1) is 5.41 Å². The summed E-state index contributed by atoms with van der Waals surface area (Å²) >= 11 is 0. The quantitative estimate of drug-likeness (QED) is 0.0712. The van der Waals surface area contributed by atoms with Crippen molar-refractivity contribution in [2.45, 2.75) is 110 Å². The summed E-state index contributed by atoms with van der Waals surface area (Å²) in [4.78, 5) is 5.46. The molecule has 0 aromatic heterocycles. The first-order valence-corrected chi connectivity index (χ1v) is 12.4. The van der Waals surface area contributed by atoms with Gasteiger partial charge in [0.1, 0.15) is 0 Å². The molecule has 0 aliphatic carbocycles. The Morgan fingerprint density at radius 2 is 1.06 bits per heavy atom. The van der Waals surface area contributed by atoms with Gasteiger partial charge in [0.05, 0.1) is 13.2 Å². The summed E-state index contributed by atoms with van der Waals surface area (Å²) in [6.07, 6.45) is 21.3. The molecule has 0 aliphatic rings. The molecule has 0 atom stereocenters. The highest BCUT2D eigenvalue weighted by Crippen LogP contribution is 2.20. The molecule has 1 N–H and O–H groups in total. The Hall–Kier alpha value is -1.46. The maximum Gasteiger partial charge on any atom is 0.0547 e. The predicted molar refractivity (Wildman–Crippen MR) is 128 cm³/mol. The lowest BCUT2D eigenvalue weighted by atomic mass is 9.90. The summed E-state index contributed by atoms with van der Waals surface area (Å²) in [5.41, 5.74) is 16.2. The molecule has 0 unspecified atom stereocenters. The van der Waals surface area contributed by atoms with Crippen molar-refractivity contribution in [3.8, 4) is 0 Å². The van der Waals surface area contributed by atoms with E-state index < -0.39 is 5.41 Å². The Bertz CT molecular complexity index is 470. The second kappa shape index (κ2) is 23.2. The number of aliphatic hydroxyl groups excluding tert-OH is 1. The third-order valence-electron chi connectivity index (χ3n) is 5.82. The fourth-order valence-electron chi connectivity index (χ4n) is 3.69. The molecule has 0 amide bonds. The molecule has 31 heavy (non-hydrogen) atoms. The maximum atomic E-state index is 9.63. The minimum absolute atomic E-state index is 0.0536. The van der Waals surface area contributed by atoms with Crippen LogP contribution in [0.25, 0.3) is 20.9 Å². The van der Waals surface area contributed by atoms with E-state index in [-0.39, 0.29) is 26.3 Å². The van der Waals surface area contributed by atoms with Gasteiger partial charge in [0.2, 0.25) is 0 Å². The molecule has 0 radical (unpaired) electrons. The third-order valence-corrected chi connectivity index (χ3v) is 5.82. The number of rotatable bonds is 24. The Morgan fingerprint density at radius 1 is 0.677 bits per heavy atom. The van der Waals surface area contributed by atoms with Gasteiger partial charge >= 0.3 is 0 Å². The molecule has 8 heteroatoms. The molecule has 0 saturated carbocycles.